The molecule has 0 bridgehead atoms. The van der Waals surface area contributed by atoms with E-state index in [9.17, 15) is 4.79 Å². The third kappa shape index (κ3) is 3.44. The van der Waals surface area contributed by atoms with Gasteiger partial charge in [-0.2, -0.15) is 0 Å². The molecule has 1 rings (SSSR count). The molecule has 106 valence electrons. The number of hydrogen-bond donors (Lipinski definition) is 3. The van der Waals surface area contributed by atoms with Crippen molar-refractivity contribution in [2.24, 2.45) is 11.8 Å². The zero-order valence-corrected chi connectivity index (χ0v) is 11.4. The van der Waals surface area contributed by atoms with Crippen LogP contribution >= 0.6 is 0 Å². The summed E-state index contributed by atoms with van der Waals surface area (Å²) in [5, 5.41) is 2.98. The van der Waals surface area contributed by atoms with Gasteiger partial charge in [-0.15, -0.1) is 0 Å². The molecule has 0 spiro atoms. The van der Waals surface area contributed by atoms with Gasteiger partial charge < -0.3 is 20.2 Å². The summed E-state index contributed by atoms with van der Waals surface area (Å²) in [5.74, 6) is 6.00. The monoisotopic (exact) mass is 269 g/mol. The normalized spacial score (nSPS) is 11.9. The number of hydrogen-bond acceptors (Lipinski definition) is 8. The van der Waals surface area contributed by atoms with E-state index in [1.807, 2.05) is 13.8 Å². The van der Waals surface area contributed by atoms with E-state index >= 15 is 0 Å². The molecule has 1 aromatic heterocycles. The highest BCUT2D eigenvalue weighted by Crippen LogP contribution is 2.29. The summed E-state index contributed by atoms with van der Waals surface area (Å²) in [6, 6.07) is -0.542. The lowest BCUT2D eigenvalue weighted by Crippen LogP contribution is -2.36. The van der Waals surface area contributed by atoms with Gasteiger partial charge in [-0.1, -0.05) is 13.8 Å². The van der Waals surface area contributed by atoms with E-state index in [2.05, 4.69) is 20.7 Å². The molecule has 19 heavy (non-hydrogen) atoms. The van der Waals surface area contributed by atoms with Crippen LogP contribution in [-0.2, 0) is 9.53 Å². The number of carbonyl (C=O) groups is 1. The Balaban J connectivity index is 3.06. The second-order valence-corrected chi connectivity index (χ2v) is 4.14. The maximum atomic E-state index is 11.7. The number of nitrogens with two attached hydrogens (primary N) is 1. The van der Waals surface area contributed by atoms with Crippen LogP contribution in [0.1, 0.15) is 13.8 Å². The highest BCUT2D eigenvalue weighted by molar-refractivity contribution is 5.80. The minimum Gasteiger partial charge on any atom is -0.490 e. The summed E-state index contributed by atoms with van der Waals surface area (Å²) < 4.78 is 9.93. The van der Waals surface area contributed by atoms with E-state index in [1.54, 1.807) is 0 Å². The van der Waals surface area contributed by atoms with Crippen molar-refractivity contribution in [3.05, 3.63) is 6.33 Å². The Morgan fingerprint density at radius 3 is 2.42 bits per heavy atom. The number of aromatic nitrogens is 2. The van der Waals surface area contributed by atoms with Crippen molar-refractivity contribution in [2.75, 3.05) is 25.0 Å². The van der Waals surface area contributed by atoms with E-state index in [0.29, 0.717) is 17.4 Å². The number of anilines is 2. The lowest BCUT2D eigenvalue weighted by Gasteiger charge is -2.21. The molecule has 8 nitrogen and oxygen atoms in total. The molecule has 0 saturated carbocycles. The Labute approximate surface area is 111 Å². The molecular formula is C11H19N5O3. The number of hydrazine groups is 1. The number of methoxy groups -OCH3 is 2. The first-order valence-electron chi connectivity index (χ1n) is 5.75. The van der Waals surface area contributed by atoms with E-state index in [-0.39, 0.29) is 11.9 Å². The largest absolute Gasteiger partial charge is 0.490 e. The number of nitrogen functional groups attached to an aromatic ring is 1. The number of ether oxygens (including phenoxy) is 2. The molecule has 0 fully saturated rings. The average Bonchev–Trinajstić information content (AvgIpc) is 2.42. The molecule has 0 aliphatic rings. The second kappa shape index (κ2) is 6.74. The van der Waals surface area contributed by atoms with Crippen LogP contribution in [0.3, 0.4) is 0 Å². The number of nitrogens with one attached hydrogen (secondary N) is 2. The summed E-state index contributed by atoms with van der Waals surface area (Å²) in [4.78, 5) is 19.7. The maximum Gasteiger partial charge on any atom is 0.328 e. The zero-order chi connectivity index (χ0) is 14.4. The molecule has 0 amide bonds. The van der Waals surface area contributed by atoms with Gasteiger partial charge in [0, 0.05) is 0 Å². The van der Waals surface area contributed by atoms with Crippen LogP contribution in [0.5, 0.6) is 5.75 Å². The highest BCUT2D eigenvalue weighted by Gasteiger charge is 2.25. The first-order chi connectivity index (χ1) is 9.04. The van der Waals surface area contributed by atoms with Gasteiger partial charge in [0.25, 0.3) is 0 Å². The minimum absolute atomic E-state index is 0.0152. The first-order valence-corrected chi connectivity index (χ1v) is 5.75. The van der Waals surface area contributed by atoms with Crippen molar-refractivity contribution in [3.63, 3.8) is 0 Å². The van der Waals surface area contributed by atoms with Gasteiger partial charge in [-0.3, -0.25) is 0 Å². The van der Waals surface area contributed by atoms with Gasteiger partial charge in [0.2, 0.25) is 5.75 Å². The zero-order valence-electron chi connectivity index (χ0n) is 11.4. The van der Waals surface area contributed by atoms with Crippen LogP contribution < -0.4 is 21.3 Å². The summed E-state index contributed by atoms with van der Waals surface area (Å²) in [7, 11) is 2.80. The highest BCUT2D eigenvalue weighted by atomic mass is 16.5. The Kier molecular flexibility index (Phi) is 5.31. The van der Waals surface area contributed by atoms with Crippen molar-refractivity contribution >= 4 is 17.6 Å². The van der Waals surface area contributed by atoms with Crippen LogP contribution in [0.2, 0.25) is 0 Å². The molecule has 1 unspecified atom stereocenters. The molecule has 1 aromatic rings. The van der Waals surface area contributed by atoms with Crippen molar-refractivity contribution < 1.29 is 14.3 Å². The quantitative estimate of drug-likeness (QED) is 0.386. The molecular weight excluding hydrogens is 250 g/mol. The van der Waals surface area contributed by atoms with Gasteiger partial charge in [0.05, 0.1) is 14.2 Å². The fraction of sp³-hybridized carbons (Fsp3) is 0.545. The van der Waals surface area contributed by atoms with Gasteiger partial charge in [0.1, 0.15) is 12.4 Å². The predicted molar refractivity (Wildman–Crippen MR) is 70.7 cm³/mol. The van der Waals surface area contributed by atoms with E-state index in [1.165, 1.54) is 20.5 Å². The van der Waals surface area contributed by atoms with E-state index in [4.69, 9.17) is 15.3 Å². The molecule has 0 aromatic carbocycles. The Hall–Kier alpha value is -2.09. The fourth-order valence-corrected chi connectivity index (χ4v) is 1.54. The van der Waals surface area contributed by atoms with Crippen molar-refractivity contribution in [1.82, 2.24) is 9.97 Å². The van der Waals surface area contributed by atoms with Gasteiger partial charge in [-0.25, -0.2) is 20.6 Å². The number of carbonyl (C=O) groups excluding carboxylic acids is 1. The van der Waals surface area contributed by atoms with Crippen LogP contribution in [0.4, 0.5) is 11.6 Å². The lowest BCUT2D eigenvalue weighted by molar-refractivity contribution is -0.142. The summed E-state index contributed by atoms with van der Waals surface area (Å²) in [6.07, 6.45) is 1.31. The Bertz CT molecular complexity index is 438. The second-order valence-electron chi connectivity index (χ2n) is 4.14. The van der Waals surface area contributed by atoms with Crippen molar-refractivity contribution in [3.8, 4) is 5.75 Å². The fourth-order valence-electron chi connectivity index (χ4n) is 1.54. The van der Waals surface area contributed by atoms with Gasteiger partial charge in [-0.05, 0) is 5.92 Å². The standard InChI is InChI=1S/C11H19N5O3/c1-6(2)7(11(17)19-4)15-9-8(18-3)10(16-12)14-5-13-9/h5-7H,12H2,1-4H3,(H2,13,14,15,16). The van der Waals surface area contributed by atoms with Crippen molar-refractivity contribution in [2.45, 2.75) is 19.9 Å². The van der Waals surface area contributed by atoms with Crippen LogP contribution in [0.25, 0.3) is 0 Å². The third-order valence-electron chi connectivity index (χ3n) is 2.56. The molecule has 0 aliphatic carbocycles. The van der Waals surface area contributed by atoms with Gasteiger partial charge in [0.15, 0.2) is 11.6 Å². The first kappa shape index (κ1) is 15.0. The Morgan fingerprint density at radius 1 is 1.32 bits per heavy atom. The molecule has 8 heteroatoms. The Morgan fingerprint density at radius 2 is 1.95 bits per heavy atom. The lowest BCUT2D eigenvalue weighted by atomic mass is 10.0. The summed E-state index contributed by atoms with van der Waals surface area (Å²) in [5.41, 5.74) is 2.40. The smallest absolute Gasteiger partial charge is 0.328 e. The molecule has 1 atom stereocenters. The van der Waals surface area contributed by atoms with Crippen LogP contribution in [0, 0.1) is 5.92 Å². The third-order valence-corrected chi connectivity index (χ3v) is 2.56. The molecule has 0 aliphatic heterocycles. The SMILES string of the molecule is COC(=O)C(Nc1ncnc(NN)c1OC)C(C)C. The molecule has 0 saturated heterocycles. The maximum absolute atomic E-state index is 11.7. The van der Waals surface area contributed by atoms with Gasteiger partial charge >= 0.3 is 5.97 Å². The van der Waals surface area contributed by atoms with E-state index < -0.39 is 6.04 Å². The molecule has 0 radical (unpaired) electrons. The topological polar surface area (TPSA) is 111 Å². The van der Waals surface area contributed by atoms with Crippen LogP contribution in [-0.4, -0.2) is 36.2 Å². The number of rotatable bonds is 6. The number of nitrogens with zero attached hydrogens (tertiary/aromatic N) is 2. The summed E-state index contributed by atoms with van der Waals surface area (Å²) in [6.45, 7) is 3.79. The molecule has 1 heterocycles. The minimum atomic E-state index is -0.542. The predicted octanol–water partition coefficient (Wildman–Crippen LogP) is 0.380. The average molecular weight is 269 g/mol. The molecule has 4 N–H and O–H groups in total. The summed E-state index contributed by atoms with van der Waals surface area (Å²) >= 11 is 0. The van der Waals surface area contributed by atoms with Crippen LogP contribution in [0.15, 0.2) is 6.33 Å². The number of esters is 1. The van der Waals surface area contributed by atoms with Crippen molar-refractivity contribution in [1.29, 1.82) is 0 Å². The van der Waals surface area contributed by atoms with E-state index in [0.717, 1.165) is 0 Å².